The highest BCUT2D eigenvalue weighted by Crippen LogP contribution is 2.22. The molecule has 2 rings (SSSR count). The molecule has 0 bridgehead atoms. The third-order valence-corrected chi connectivity index (χ3v) is 4.52. The van der Waals surface area contributed by atoms with Crippen LogP contribution in [0.2, 0.25) is 0 Å². The van der Waals surface area contributed by atoms with Gasteiger partial charge in [-0.3, -0.25) is 0 Å². The molecular formula is C14H14F2N2O2S. The zero-order valence-electron chi connectivity index (χ0n) is 11.2. The average Bonchev–Trinajstić information content (AvgIpc) is 2.37. The lowest BCUT2D eigenvalue weighted by molar-refractivity contribution is 0.537. The SMILES string of the molecule is CC(NS(=O)(=O)c1ccc(N)cc1F)c1ccccc1F. The number of hydrogen-bond acceptors (Lipinski definition) is 3. The third-order valence-electron chi connectivity index (χ3n) is 2.95. The van der Waals surface area contributed by atoms with Gasteiger partial charge in [0.05, 0.1) is 0 Å². The maximum Gasteiger partial charge on any atom is 0.244 e. The fourth-order valence-corrected chi connectivity index (χ4v) is 3.20. The van der Waals surface area contributed by atoms with Crippen LogP contribution in [-0.2, 0) is 10.0 Å². The summed E-state index contributed by atoms with van der Waals surface area (Å²) >= 11 is 0. The van der Waals surface area contributed by atoms with E-state index >= 15 is 0 Å². The first-order valence-electron chi connectivity index (χ1n) is 6.13. The molecule has 0 aliphatic rings. The second-order valence-corrected chi connectivity index (χ2v) is 6.24. The van der Waals surface area contributed by atoms with Gasteiger partial charge in [0.1, 0.15) is 16.5 Å². The van der Waals surface area contributed by atoms with Crippen LogP contribution in [0.5, 0.6) is 0 Å². The molecule has 0 aliphatic carbocycles. The van der Waals surface area contributed by atoms with Crippen LogP contribution < -0.4 is 10.5 Å². The van der Waals surface area contributed by atoms with Gasteiger partial charge in [-0.25, -0.2) is 21.9 Å². The Hall–Kier alpha value is -1.99. The predicted molar refractivity (Wildman–Crippen MR) is 75.9 cm³/mol. The molecule has 0 radical (unpaired) electrons. The summed E-state index contributed by atoms with van der Waals surface area (Å²) in [4.78, 5) is -0.528. The van der Waals surface area contributed by atoms with Crippen LogP contribution in [0.3, 0.4) is 0 Å². The van der Waals surface area contributed by atoms with Gasteiger partial charge in [0.25, 0.3) is 0 Å². The Bertz CT molecular complexity index is 763. The number of nitrogens with two attached hydrogens (primary N) is 1. The van der Waals surface area contributed by atoms with Gasteiger partial charge in [-0.2, -0.15) is 0 Å². The molecule has 7 heteroatoms. The normalized spacial score (nSPS) is 13.1. The van der Waals surface area contributed by atoms with E-state index in [0.29, 0.717) is 0 Å². The van der Waals surface area contributed by atoms with Gasteiger partial charge in [0, 0.05) is 17.3 Å². The number of benzene rings is 2. The fourth-order valence-electron chi connectivity index (χ4n) is 1.92. The number of halogens is 2. The standard InChI is InChI=1S/C14H14F2N2O2S/c1-9(11-4-2-3-5-12(11)15)18-21(19,20)14-7-6-10(17)8-13(14)16/h2-9,18H,17H2,1H3. The summed E-state index contributed by atoms with van der Waals surface area (Å²) in [7, 11) is -4.12. The van der Waals surface area contributed by atoms with Crippen molar-refractivity contribution in [1.82, 2.24) is 4.72 Å². The Morgan fingerprint density at radius 3 is 2.38 bits per heavy atom. The Morgan fingerprint density at radius 2 is 1.76 bits per heavy atom. The van der Waals surface area contributed by atoms with Crippen molar-refractivity contribution in [2.24, 2.45) is 0 Å². The fraction of sp³-hybridized carbons (Fsp3) is 0.143. The molecule has 0 saturated heterocycles. The maximum absolute atomic E-state index is 13.7. The number of nitrogens with one attached hydrogen (secondary N) is 1. The molecule has 2 aromatic carbocycles. The molecule has 0 aliphatic heterocycles. The largest absolute Gasteiger partial charge is 0.399 e. The topological polar surface area (TPSA) is 72.2 Å². The van der Waals surface area contributed by atoms with E-state index < -0.39 is 32.6 Å². The van der Waals surface area contributed by atoms with Gasteiger partial charge in [-0.1, -0.05) is 18.2 Å². The molecule has 3 N–H and O–H groups in total. The second-order valence-electron chi connectivity index (χ2n) is 4.55. The van der Waals surface area contributed by atoms with Gasteiger partial charge in [0.2, 0.25) is 10.0 Å². The summed E-state index contributed by atoms with van der Waals surface area (Å²) in [5.74, 6) is -1.49. The lowest BCUT2D eigenvalue weighted by Crippen LogP contribution is -2.28. The Labute approximate surface area is 121 Å². The van der Waals surface area contributed by atoms with E-state index in [9.17, 15) is 17.2 Å². The Kier molecular flexibility index (Phi) is 4.24. The molecule has 0 amide bonds. The van der Waals surface area contributed by atoms with Gasteiger partial charge < -0.3 is 5.73 Å². The van der Waals surface area contributed by atoms with Gasteiger partial charge in [0.15, 0.2) is 0 Å². The van der Waals surface area contributed by atoms with Crippen molar-refractivity contribution in [3.8, 4) is 0 Å². The van der Waals surface area contributed by atoms with E-state index in [4.69, 9.17) is 5.73 Å². The van der Waals surface area contributed by atoms with E-state index in [1.165, 1.54) is 31.2 Å². The van der Waals surface area contributed by atoms with Gasteiger partial charge in [-0.15, -0.1) is 0 Å². The number of anilines is 1. The summed E-state index contributed by atoms with van der Waals surface area (Å²) in [6.45, 7) is 1.48. The molecule has 0 heterocycles. The van der Waals surface area contributed by atoms with Crippen molar-refractivity contribution in [2.45, 2.75) is 17.9 Å². The van der Waals surface area contributed by atoms with Crippen molar-refractivity contribution >= 4 is 15.7 Å². The zero-order chi connectivity index (χ0) is 15.6. The molecule has 0 saturated carbocycles. The summed E-state index contributed by atoms with van der Waals surface area (Å²) in [5.41, 5.74) is 5.67. The first-order valence-corrected chi connectivity index (χ1v) is 7.61. The van der Waals surface area contributed by atoms with Crippen LogP contribution >= 0.6 is 0 Å². The van der Waals surface area contributed by atoms with E-state index in [1.54, 1.807) is 6.07 Å². The van der Waals surface area contributed by atoms with Crippen molar-refractivity contribution in [1.29, 1.82) is 0 Å². The van der Waals surface area contributed by atoms with E-state index in [0.717, 1.165) is 12.1 Å². The van der Waals surface area contributed by atoms with Crippen molar-refractivity contribution in [2.75, 3.05) is 5.73 Å². The van der Waals surface area contributed by atoms with E-state index in [-0.39, 0.29) is 11.3 Å². The summed E-state index contributed by atoms with van der Waals surface area (Å²) in [6.07, 6.45) is 0. The van der Waals surface area contributed by atoms with Crippen LogP contribution in [0.25, 0.3) is 0 Å². The van der Waals surface area contributed by atoms with Gasteiger partial charge >= 0.3 is 0 Å². The van der Waals surface area contributed by atoms with Gasteiger partial charge in [-0.05, 0) is 31.2 Å². The molecule has 2 aromatic rings. The van der Waals surface area contributed by atoms with Crippen LogP contribution in [0.4, 0.5) is 14.5 Å². The molecule has 1 unspecified atom stereocenters. The quantitative estimate of drug-likeness (QED) is 0.852. The minimum atomic E-state index is -4.12. The average molecular weight is 312 g/mol. The first-order chi connectivity index (χ1) is 9.81. The zero-order valence-corrected chi connectivity index (χ0v) is 12.0. The summed E-state index contributed by atoms with van der Waals surface area (Å²) in [5, 5.41) is 0. The number of sulfonamides is 1. The lowest BCUT2D eigenvalue weighted by atomic mass is 10.1. The van der Waals surface area contributed by atoms with E-state index in [2.05, 4.69) is 4.72 Å². The van der Waals surface area contributed by atoms with Crippen molar-refractivity contribution < 1.29 is 17.2 Å². The molecule has 4 nitrogen and oxygen atoms in total. The summed E-state index contributed by atoms with van der Waals surface area (Å²) in [6, 6.07) is 8.21. The Balaban J connectivity index is 2.31. The number of hydrogen-bond donors (Lipinski definition) is 2. The Morgan fingerprint density at radius 1 is 1.10 bits per heavy atom. The monoisotopic (exact) mass is 312 g/mol. The molecule has 1 atom stereocenters. The molecule has 0 aromatic heterocycles. The highest BCUT2D eigenvalue weighted by Gasteiger charge is 2.23. The van der Waals surface area contributed by atoms with Crippen LogP contribution in [-0.4, -0.2) is 8.42 Å². The summed E-state index contributed by atoms with van der Waals surface area (Å²) < 4.78 is 53.9. The second kappa shape index (κ2) is 5.79. The van der Waals surface area contributed by atoms with Crippen molar-refractivity contribution in [3.63, 3.8) is 0 Å². The van der Waals surface area contributed by atoms with Crippen LogP contribution in [0, 0.1) is 11.6 Å². The third kappa shape index (κ3) is 3.37. The smallest absolute Gasteiger partial charge is 0.244 e. The number of rotatable bonds is 4. The van der Waals surface area contributed by atoms with Crippen LogP contribution in [0.1, 0.15) is 18.5 Å². The molecule has 112 valence electrons. The minimum absolute atomic E-state index is 0.119. The van der Waals surface area contributed by atoms with Crippen molar-refractivity contribution in [3.05, 3.63) is 59.7 Å². The maximum atomic E-state index is 13.7. The highest BCUT2D eigenvalue weighted by molar-refractivity contribution is 7.89. The molecule has 0 spiro atoms. The highest BCUT2D eigenvalue weighted by atomic mass is 32.2. The number of nitrogen functional groups attached to an aromatic ring is 1. The molecule has 0 fully saturated rings. The molecule has 21 heavy (non-hydrogen) atoms. The van der Waals surface area contributed by atoms with E-state index in [1.807, 2.05) is 0 Å². The predicted octanol–water partition coefficient (Wildman–Crippen LogP) is 2.59. The minimum Gasteiger partial charge on any atom is -0.399 e. The molecular weight excluding hydrogens is 298 g/mol. The lowest BCUT2D eigenvalue weighted by Gasteiger charge is -2.15. The first kappa shape index (κ1) is 15.4. The van der Waals surface area contributed by atoms with Crippen LogP contribution in [0.15, 0.2) is 47.4 Å².